The molecule has 4 rings (SSSR count). The fourth-order valence-corrected chi connectivity index (χ4v) is 3.26. The van der Waals surface area contributed by atoms with Crippen LogP contribution in [-0.4, -0.2) is 31.1 Å². The van der Waals surface area contributed by atoms with Gasteiger partial charge in [-0.2, -0.15) is 0 Å². The Balaban J connectivity index is 1.45. The third kappa shape index (κ3) is 3.26. The highest BCUT2D eigenvalue weighted by atomic mass is 32.1. The predicted octanol–water partition coefficient (Wildman–Crippen LogP) is 2.73. The highest BCUT2D eigenvalue weighted by Crippen LogP contribution is 2.27. The van der Waals surface area contributed by atoms with Gasteiger partial charge in [0.2, 0.25) is 5.91 Å². The average molecular weight is 372 g/mol. The Morgan fingerprint density at radius 3 is 2.65 bits per heavy atom. The molecule has 0 saturated carbocycles. The number of nitrogens with zero attached hydrogens (tertiary/aromatic N) is 5. The van der Waals surface area contributed by atoms with Crippen LogP contribution in [0.2, 0.25) is 0 Å². The van der Waals surface area contributed by atoms with Gasteiger partial charge in [-0.25, -0.2) is 18.4 Å². The van der Waals surface area contributed by atoms with E-state index in [9.17, 15) is 13.6 Å². The normalized spacial score (nSPS) is 11.0. The van der Waals surface area contributed by atoms with Crippen LogP contribution in [0.15, 0.2) is 42.7 Å². The smallest absolute Gasteiger partial charge is 0.230 e. The minimum absolute atomic E-state index is 0.133. The molecule has 0 radical (unpaired) electrons. The van der Waals surface area contributed by atoms with Crippen LogP contribution in [0, 0.1) is 11.6 Å². The number of thiazole rings is 1. The van der Waals surface area contributed by atoms with Gasteiger partial charge in [-0.15, -0.1) is 5.10 Å². The number of fused-ring (bicyclic) bond motifs is 1. The summed E-state index contributed by atoms with van der Waals surface area (Å²) in [6.45, 7) is 0. The molecule has 0 aliphatic carbocycles. The largest absolute Gasteiger partial charge is 0.302 e. The average Bonchev–Trinajstić information content (AvgIpc) is 3.26. The third-order valence-corrected chi connectivity index (χ3v) is 4.53. The van der Waals surface area contributed by atoms with E-state index in [1.165, 1.54) is 11.0 Å². The summed E-state index contributed by atoms with van der Waals surface area (Å²) in [6, 6.07) is 9.24. The van der Waals surface area contributed by atoms with Crippen molar-refractivity contribution >= 4 is 32.6 Å². The number of hydrogen-bond acceptors (Lipinski definition) is 6. The monoisotopic (exact) mass is 372 g/mol. The fourth-order valence-electron chi connectivity index (χ4n) is 2.37. The second-order valence-electron chi connectivity index (χ2n) is 5.40. The zero-order valence-corrected chi connectivity index (χ0v) is 13.9. The SMILES string of the molecule is O=C(Cc1ccc(-n2cnnn2)cc1)Nc1nc2cc(F)c(F)cc2s1. The van der Waals surface area contributed by atoms with Crippen molar-refractivity contribution in [2.75, 3.05) is 5.32 Å². The maximum Gasteiger partial charge on any atom is 0.230 e. The van der Waals surface area contributed by atoms with Gasteiger partial charge in [-0.05, 0) is 34.2 Å². The van der Waals surface area contributed by atoms with E-state index < -0.39 is 11.6 Å². The summed E-state index contributed by atoms with van der Waals surface area (Å²) in [5.41, 5.74) is 1.86. The number of benzene rings is 2. The molecular weight excluding hydrogens is 362 g/mol. The standard InChI is InChI=1S/C16H10F2N6OS/c17-11-6-13-14(7-12(11)18)26-16(20-13)21-15(25)5-9-1-3-10(4-2-9)24-8-19-22-23-24/h1-4,6-8H,5H2,(H,20,21,25). The zero-order chi connectivity index (χ0) is 18.1. The van der Waals surface area contributed by atoms with E-state index in [1.807, 2.05) is 0 Å². The Hall–Kier alpha value is -3.27. The Morgan fingerprint density at radius 1 is 1.15 bits per heavy atom. The Morgan fingerprint density at radius 2 is 1.92 bits per heavy atom. The number of rotatable bonds is 4. The predicted molar refractivity (Wildman–Crippen MR) is 91.0 cm³/mol. The molecule has 0 aliphatic heterocycles. The molecule has 0 spiro atoms. The molecular formula is C16H10F2N6OS. The molecule has 0 bridgehead atoms. The highest BCUT2D eigenvalue weighted by Gasteiger charge is 2.12. The molecule has 10 heteroatoms. The summed E-state index contributed by atoms with van der Waals surface area (Å²) >= 11 is 1.08. The van der Waals surface area contributed by atoms with Gasteiger partial charge < -0.3 is 5.32 Å². The van der Waals surface area contributed by atoms with Gasteiger partial charge in [-0.3, -0.25) is 4.79 Å². The highest BCUT2D eigenvalue weighted by molar-refractivity contribution is 7.22. The minimum atomic E-state index is -0.969. The van der Waals surface area contributed by atoms with Crippen LogP contribution in [0.25, 0.3) is 15.9 Å². The molecule has 2 heterocycles. The lowest BCUT2D eigenvalue weighted by Crippen LogP contribution is -2.14. The molecule has 2 aromatic heterocycles. The molecule has 0 aliphatic rings. The molecule has 1 N–H and O–H groups in total. The first-order valence-electron chi connectivity index (χ1n) is 7.46. The van der Waals surface area contributed by atoms with Crippen LogP contribution < -0.4 is 5.32 Å². The van der Waals surface area contributed by atoms with Crippen molar-refractivity contribution in [1.29, 1.82) is 0 Å². The molecule has 0 fully saturated rings. The molecule has 4 aromatic rings. The Labute approximate surface area is 149 Å². The molecule has 0 unspecified atom stereocenters. The first-order chi connectivity index (χ1) is 12.6. The van der Waals surface area contributed by atoms with E-state index in [1.54, 1.807) is 24.3 Å². The Bertz CT molecular complexity index is 1040. The number of aromatic nitrogens is 5. The molecule has 0 saturated heterocycles. The van der Waals surface area contributed by atoms with Gasteiger partial charge in [0.05, 0.1) is 22.3 Å². The number of halogens is 2. The lowest BCUT2D eigenvalue weighted by Gasteiger charge is -2.03. The van der Waals surface area contributed by atoms with E-state index in [0.29, 0.717) is 15.3 Å². The summed E-state index contributed by atoms with van der Waals surface area (Å²) in [7, 11) is 0. The molecule has 2 aromatic carbocycles. The van der Waals surface area contributed by atoms with Crippen molar-refractivity contribution in [3.8, 4) is 5.69 Å². The van der Waals surface area contributed by atoms with Crippen LogP contribution in [0.4, 0.5) is 13.9 Å². The van der Waals surface area contributed by atoms with E-state index >= 15 is 0 Å². The summed E-state index contributed by atoms with van der Waals surface area (Å²) < 4.78 is 28.4. The molecule has 1 amide bonds. The number of carbonyl (C=O) groups is 1. The van der Waals surface area contributed by atoms with Crippen LogP contribution >= 0.6 is 11.3 Å². The Kier molecular flexibility index (Phi) is 4.09. The van der Waals surface area contributed by atoms with Gasteiger partial charge in [0.15, 0.2) is 16.8 Å². The van der Waals surface area contributed by atoms with E-state index in [0.717, 1.165) is 34.7 Å². The van der Waals surface area contributed by atoms with Gasteiger partial charge in [0, 0.05) is 6.07 Å². The first kappa shape index (κ1) is 16.2. The molecule has 26 heavy (non-hydrogen) atoms. The lowest BCUT2D eigenvalue weighted by atomic mass is 10.1. The van der Waals surface area contributed by atoms with Crippen molar-refractivity contribution in [3.05, 3.63) is 59.9 Å². The van der Waals surface area contributed by atoms with Crippen molar-refractivity contribution < 1.29 is 13.6 Å². The quantitative estimate of drug-likeness (QED) is 0.595. The molecule has 7 nitrogen and oxygen atoms in total. The number of nitrogens with one attached hydrogen (secondary N) is 1. The topological polar surface area (TPSA) is 85.6 Å². The summed E-state index contributed by atoms with van der Waals surface area (Å²) in [5, 5.41) is 13.8. The van der Waals surface area contributed by atoms with Crippen molar-refractivity contribution in [3.63, 3.8) is 0 Å². The number of hydrogen-bond donors (Lipinski definition) is 1. The second-order valence-corrected chi connectivity index (χ2v) is 6.43. The first-order valence-corrected chi connectivity index (χ1v) is 8.28. The van der Waals surface area contributed by atoms with Gasteiger partial charge in [-0.1, -0.05) is 23.5 Å². The van der Waals surface area contributed by atoms with Crippen molar-refractivity contribution in [1.82, 2.24) is 25.2 Å². The fraction of sp³-hybridized carbons (Fsp3) is 0.0625. The van der Waals surface area contributed by atoms with E-state index in [-0.39, 0.29) is 12.3 Å². The summed E-state index contributed by atoms with van der Waals surface area (Å²) in [6.07, 6.45) is 1.61. The van der Waals surface area contributed by atoms with Gasteiger partial charge in [0.25, 0.3) is 0 Å². The number of amides is 1. The second kappa shape index (κ2) is 6.56. The van der Waals surface area contributed by atoms with E-state index in [4.69, 9.17) is 0 Å². The number of carbonyl (C=O) groups excluding carboxylic acids is 1. The van der Waals surface area contributed by atoms with Crippen molar-refractivity contribution in [2.45, 2.75) is 6.42 Å². The van der Waals surface area contributed by atoms with Crippen LogP contribution in [-0.2, 0) is 11.2 Å². The summed E-state index contributed by atoms with van der Waals surface area (Å²) in [4.78, 5) is 16.3. The minimum Gasteiger partial charge on any atom is -0.302 e. The van der Waals surface area contributed by atoms with Crippen LogP contribution in [0.5, 0.6) is 0 Å². The van der Waals surface area contributed by atoms with E-state index in [2.05, 4.69) is 25.8 Å². The lowest BCUT2D eigenvalue weighted by molar-refractivity contribution is -0.115. The zero-order valence-electron chi connectivity index (χ0n) is 13.1. The summed E-state index contributed by atoms with van der Waals surface area (Å²) in [5.74, 6) is -2.19. The molecule has 0 atom stereocenters. The number of tetrazole rings is 1. The third-order valence-electron chi connectivity index (χ3n) is 3.59. The number of anilines is 1. The van der Waals surface area contributed by atoms with Crippen molar-refractivity contribution in [2.24, 2.45) is 0 Å². The van der Waals surface area contributed by atoms with Gasteiger partial charge >= 0.3 is 0 Å². The maximum absolute atomic E-state index is 13.2. The van der Waals surface area contributed by atoms with Crippen LogP contribution in [0.1, 0.15) is 5.56 Å². The maximum atomic E-state index is 13.2. The van der Waals surface area contributed by atoms with Crippen LogP contribution in [0.3, 0.4) is 0 Å². The molecule has 130 valence electrons. The van der Waals surface area contributed by atoms with Gasteiger partial charge in [0.1, 0.15) is 6.33 Å².